The highest BCUT2D eigenvalue weighted by molar-refractivity contribution is 8.00. The SMILES string of the molecule is CSc1sc(C#N)c2c1-c1snnc1CC2. The molecule has 1 aliphatic rings. The molecule has 0 aromatic carbocycles. The van der Waals surface area contributed by atoms with Gasteiger partial charge >= 0.3 is 0 Å². The van der Waals surface area contributed by atoms with Crippen LogP contribution in [0, 0.1) is 11.3 Å². The number of thiophene rings is 1. The number of nitrogens with zero attached hydrogens (tertiary/aromatic N) is 3. The van der Waals surface area contributed by atoms with Crippen molar-refractivity contribution in [3.8, 4) is 16.5 Å². The van der Waals surface area contributed by atoms with Crippen LogP contribution in [-0.2, 0) is 12.8 Å². The summed E-state index contributed by atoms with van der Waals surface area (Å²) in [6.45, 7) is 0. The van der Waals surface area contributed by atoms with E-state index in [1.54, 1.807) is 23.1 Å². The van der Waals surface area contributed by atoms with Gasteiger partial charge in [-0.1, -0.05) is 4.49 Å². The normalized spacial score (nSPS) is 13.0. The van der Waals surface area contributed by atoms with Gasteiger partial charge < -0.3 is 0 Å². The third-order valence-electron chi connectivity index (χ3n) is 2.66. The second-order valence-electron chi connectivity index (χ2n) is 3.44. The maximum absolute atomic E-state index is 9.12. The van der Waals surface area contributed by atoms with Crippen molar-refractivity contribution in [2.24, 2.45) is 0 Å². The van der Waals surface area contributed by atoms with Gasteiger partial charge in [0.15, 0.2) is 0 Å². The standard InChI is InChI=1S/C10H7N3S3/c1-14-10-8-5(7(4-11)15-10)2-3-6-9(8)16-13-12-6/h2-3H2,1H3. The smallest absolute Gasteiger partial charge is 0.110 e. The van der Waals surface area contributed by atoms with E-state index < -0.39 is 0 Å². The molecule has 6 heteroatoms. The first-order valence-corrected chi connectivity index (χ1v) is 7.58. The van der Waals surface area contributed by atoms with Crippen LogP contribution in [0.2, 0.25) is 0 Å². The molecule has 2 heterocycles. The quantitative estimate of drug-likeness (QED) is 0.744. The molecule has 1 aliphatic carbocycles. The van der Waals surface area contributed by atoms with Crippen LogP contribution in [0.25, 0.3) is 10.4 Å². The van der Waals surface area contributed by atoms with Gasteiger partial charge in [-0.25, -0.2) is 0 Å². The van der Waals surface area contributed by atoms with Crippen LogP contribution in [0.15, 0.2) is 4.21 Å². The number of thioether (sulfide) groups is 1. The summed E-state index contributed by atoms with van der Waals surface area (Å²) in [4.78, 5) is 2.03. The Bertz CT molecular complexity index is 591. The number of hydrogen-bond acceptors (Lipinski definition) is 6. The fourth-order valence-electron chi connectivity index (χ4n) is 1.95. The lowest BCUT2D eigenvalue weighted by Gasteiger charge is -2.11. The van der Waals surface area contributed by atoms with E-state index in [0.717, 1.165) is 23.4 Å². The van der Waals surface area contributed by atoms with Crippen molar-refractivity contribution in [1.29, 1.82) is 5.26 Å². The molecule has 2 aromatic heterocycles. The largest absolute Gasteiger partial charge is 0.192 e. The second kappa shape index (κ2) is 3.84. The van der Waals surface area contributed by atoms with Gasteiger partial charge in [0.2, 0.25) is 0 Å². The average molecular weight is 265 g/mol. The topological polar surface area (TPSA) is 49.6 Å². The number of nitriles is 1. The fourth-order valence-corrected chi connectivity index (χ4v) is 4.76. The highest BCUT2D eigenvalue weighted by Crippen LogP contribution is 2.46. The predicted molar refractivity (Wildman–Crippen MR) is 67.1 cm³/mol. The molecule has 2 aromatic rings. The van der Waals surface area contributed by atoms with E-state index in [0.29, 0.717) is 0 Å². The van der Waals surface area contributed by atoms with Crippen molar-refractivity contribution in [2.75, 3.05) is 6.26 Å². The summed E-state index contributed by atoms with van der Waals surface area (Å²) < 4.78 is 5.24. The van der Waals surface area contributed by atoms with Gasteiger partial charge in [0.1, 0.15) is 10.9 Å². The molecule has 0 N–H and O–H groups in total. The molecule has 3 nitrogen and oxygen atoms in total. The third kappa shape index (κ3) is 1.32. The van der Waals surface area contributed by atoms with Crippen molar-refractivity contribution in [1.82, 2.24) is 9.59 Å². The Morgan fingerprint density at radius 3 is 3.06 bits per heavy atom. The van der Waals surface area contributed by atoms with E-state index in [1.165, 1.54) is 31.7 Å². The zero-order chi connectivity index (χ0) is 11.1. The van der Waals surface area contributed by atoms with Gasteiger partial charge in [0.25, 0.3) is 0 Å². The molecule has 0 saturated carbocycles. The van der Waals surface area contributed by atoms with Crippen LogP contribution in [0.3, 0.4) is 0 Å². The van der Waals surface area contributed by atoms with Crippen LogP contribution < -0.4 is 0 Å². The average Bonchev–Trinajstić information content (AvgIpc) is 2.91. The Hall–Kier alpha value is -0.900. The summed E-state index contributed by atoms with van der Waals surface area (Å²) in [5.74, 6) is 0. The highest BCUT2D eigenvalue weighted by atomic mass is 32.2. The van der Waals surface area contributed by atoms with Crippen LogP contribution in [-0.4, -0.2) is 15.8 Å². The number of aromatic nitrogens is 2. The van der Waals surface area contributed by atoms with Crippen molar-refractivity contribution >= 4 is 34.6 Å². The van der Waals surface area contributed by atoms with Crippen molar-refractivity contribution in [3.63, 3.8) is 0 Å². The lowest BCUT2D eigenvalue weighted by atomic mass is 9.96. The molecule has 0 fully saturated rings. The first kappa shape index (κ1) is 10.3. The van der Waals surface area contributed by atoms with E-state index in [9.17, 15) is 0 Å². The van der Waals surface area contributed by atoms with E-state index in [1.807, 2.05) is 0 Å². The first-order chi connectivity index (χ1) is 7.85. The summed E-state index contributed by atoms with van der Waals surface area (Å²) >= 11 is 4.74. The summed E-state index contributed by atoms with van der Waals surface area (Å²) in [5.41, 5.74) is 3.52. The molecular formula is C10H7N3S3. The zero-order valence-corrected chi connectivity index (χ0v) is 10.9. The molecule has 0 amide bonds. The molecule has 16 heavy (non-hydrogen) atoms. The number of aryl methyl sites for hydroxylation is 1. The second-order valence-corrected chi connectivity index (χ2v) is 6.29. The first-order valence-electron chi connectivity index (χ1n) is 4.76. The molecule has 80 valence electrons. The lowest BCUT2D eigenvalue weighted by Crippen LogP contribution is -2.01. The molecule has 0 aliphatic heterocycles. The van der Waals surface area contributed by atoms with Crippen LogP contribution >= 0.6 is 34.6 Å². The monoisotopic (exact) mass is 265 g/mol. The van der Waals surface area contributed by atoms with E-state index in [-0.39, 0.29) is 0 Å². The minimum atomic E-state index is 0.860. The van der Waals surface area contributed by atoms with Gasteiger partial charge in [-0.2, -0.15) is 5.26 Å². The van der Waals surface area contributed by atoms with Crippen LogP contribution in [0.4, 0.5) is 0 Å². The number of fused-ring (bicyclic) bond motifs is 3. The molecule has 3 rings (SSSR count). The van der Waals surface area contributed by atoms with E-state index in [2.05, 4.69) is 21.9 Å². The Balaban J connectivity index is 2.31. The van der Waals surface area contributed by atoms with Crippen molar-refractivity contribution in [2.45, 2.75) is 17.1 Å². The van der Waals surface area contributed by atoms with Crippen LogP contribution in [0.5, 0.6) is 0 Å². The minimum Gasteiger partial charge on any atom is -0.192 e. The zero-order valence-electron chi connectivity index (χ0n) is 8.48. The fraction of sp³-hybridized carbons (Fsp3) is 0.300. The van der Waals surface area contributed by atoms with Gasteiger partial charge in [0.05, 0.1) is 14.8 Å². The molecule has 0 spiro atoms. The molecule has 0 saturated heterocycles. The van der Waals surface area contributed by atoms with Crippen molar-refractivity contribution in [3.05, 3.63) is 16.1 Å². The number of rotatable bonds is 1. The van der Waals surface area contributed by atoms with Gasteiger partial charge in [-0.05, 0) is 36.2 Å². The van der Waals surface area contributed by atoms with Gasteiger partial charge in [0, 0.05) is 5.56 Å². The summed E-state index contributed by atoms with van der Waals surface area (Å²) in [7, 11) is 0. The van der Waals surface area contributed by atoms with Gasteiger partial charge in [-0.3, -0.25) is 0 Å². The summed E-state index contributed by atoms with van der Waals surface area (Å²) in [5, 5.41) is 13.3. The maximum Gasteiger partial charge on any atom is 0.110 e. The van der Waals surface area contributed by atoms with E-state index >= 15 is 0 Å². The Kier molecular flexibility index (Phi) is 2.46. The summed E-state index contributed by atoms with van der Waals surface area (Å²) in [6.07, 6.45) is 3.89. The van der Waals surface area contributed by atoms with Gasteiger partial charge in [-0.15, -0.1) is 28.2 Å². The number of hydrogen-bond donors (Lipinski definition) is 0. The molecule has 0 atom stereocenters. The molecular weight excluding hydrogens is 258 g/mol. The molecule has 0 unspecified atom stereocenters. The highest BCUT2D eigenvalue weighted by Gasteiger charge is 2.27. The van der Waals surface area contributed by atoms with E-state index in [4.69, 9.17) is 5.26 Å². The predicted octanol–water partition coefficient (Wildman–Crippen LogP) is 2.96. The molecule has 0 radical (unpaired) electrons. The Labute approximate surface area is 105 Å². The van der Waals surface area contributed by atoms with Crippen LogP contribution in [0.1, 0.15) is 16.1 Å². The Morgan fingerprint density at radius 2 is 2.31 bits per heavy atom. The minimum absolute atomic E-state index is 0.860. The Morgan fingerprint density at radius 1 is 1.44 bits per heavy atom. The van der Waals surface area contributed by atoms with Crippen molar-refractivity contribution < 1.29 is 0 Å². The third-order valence-corrected chi connectivity index (χ3v) is 5.70. The maximum atomic E-state index is 9.12. The summed E-state index contributed by atoms with van der Waals surface area (Å²) in [6, 6.07) is 2.30. The lowest BCUT2D eigenvalue weighted by molar-refractivity contribution is 0.884. The molecule has 0 bridgehead atoms.